The average molecular weight is 523 g/mol. The molecule has 6 nitrogen and oxygen atoms in total. The lowest BCUT2D eigenvalue weighted by atomic mass is 10.0. The number of halogens is 1. The van der Waals surface area contributed by atoms with Crippen molar-refractivity contribution in [2.75, 3.05) is 13.7 Å². The van der Waals surface area contributed by atoms with Gasteiger partial charge in [0.1, 0.15) is 17.5 Å². The van der Waals surface area contributed by atoms with Crippen molar-refractivity contribution in [1.82, 2.24) is 10.2 Å². The van der Waals surface area contributed by atoms with E-state index in [1.54, 1.807) is 30.2 Å². The van der Waals surface area contributed by atoms with Crippen LogP contribution >= 0.6 is 11.6 Å². The first-order valence-corrected chi connectivity index (χ1v) is 12.8. The molecule has 0 bridgehead atoms. The summed E-state index contributed by atoms with van der Waals surface area (Å²) < 4.78 is 11.2. The van der Waals surface area contributed by atoms with Crippen LogP contribution in [-0.4, -0.2) is 42.5 Å². The summed E-state index contributed by atoms with van der Waals surface area (Å²) in [6.45, 7) is 5.86. The van der Waals surface area contributed by atoms with E-state index >= 15 is 0 Å². The molecular weight excluding hydrogens is 488 g/mol. The minimum atomic E-state index is -0.731. The molecule has 196 valence electrons. The lowest BCUT2D eigenvalue weighted by Gasteiger charge is -2.32. The van der Waals surface area contributed by atoms with Gasteiger partial charge in [0, 0.05) is 24.0 Å². The first-order chi connectivity index (χ1) is 17.8. The number of aryl methyl sites for hydroxylation is 1. The summed E-state index contributed by atoms with van der Waals surface area (Å²) in [4.78, 5) is 28.8. The third kappa shape index (κ3) is 8.25. The van der Waals surface area contributed by atoms with Crippen LogP contribution in [-0.2, 0) is 22.6 Å². The molecule has 0 aliphatic carbocycles. The molecule has 3 aromatic rings. The van der Waals surface area contributed by atoms with Gasteiger partial charge in [0.2, 0.25) is 5.91 Å². The van der Waals surface area contributed by atoms with Crippen LogP contribution in [0.25, 0.3) is 0 Å². The second-order valence-electron chi connectivity index (χ2n) is 9.10. The zero-order valence-electron chi connectivity index (χ0n) is 21.9. The van der Waals surface area contributed by atoms with Crippen molar-refractivity contribution in [3.8, 4) is 11.5 Å². The molecule has 3 rings (SSSR count). The number of rotatable bonds is 12. The molecule has 3 aromatic carbocycles. The monoisotopic (exact) mass is 522 g/mol. The molecular formula is C30H35ClN2O4. The topological polar surface area (TPSA) is 67.9 Å². The third-order valence-electron chi connectivity index (χ3n) is 6.25. The highest BCUT2D eigenvalue weighted by atomic mass is 35.5. The molecule has 0 unspecified atom stereocenters. The first kappa shape index (κ1) is 28.1. The van der Waals surface area contributed by atoms with E-state index in [1.807, 2.05) is 75.4 Å². The van der Waals surface area contributed by atoms with Crippen molar-refractivity contribution >= 4 is 23.4 Å². The summed E-state index contributed by atoms with van der Waals surface area (Å²) in [6.07, 6.45) is 1.16. The van der Waals surface area contributed by atoms with Crippen LogP contribution in [0.2, 0.25) is 5.02 Å². The molecule has 0 heterocycles. The van der Waals surface area contributed by atoms with E-state index in [0.29, 0.717) is 22.9 Å². The van der Waals surface area contributed by atoms with E-state index < -0.39 is 6.04 Å². The van der Waals surface area contributed by atoms with Gasteiger partial charge in [-0.05, 0) is 67.3 Å². The quantitative estimate of drug-likeness (QED) is 0.336. The number of hydrogen-bond donors (Lipinski definition) is 1. The van der Waals surface area contributed by atoms with Crippen molar-refractivity contribution in [2.24, 2.45) is 0 Å². The van der Waals surface area contributed by atoms with Gasteiger partial charge in [0.25, 0.3) is 5.91 Å². The molecule has 1 N–H and O–H groups in total. The maximum Gasteiger partial charge on any atom is 0.261 e. The van der Waals surface area contributed by atoms with Crippen LogP contribution in [0, 0.1) is 6.92 Å². The molecule has 0 aliphatic heterocycles. The van der Waals surface area contributed by atoms with Gasteiger partial charge >= 0.3 is 0 Å². The molecule has 0 spiro atoms. The van der Waals surface area contributed by atoms with Gasteiger partial charge in [-0.3, -0.25) is 9.59 Å². The summed E-state index contributed by atoms with van der Waals surface area (Å²) in [6, 6.07) is 21.7. The SMILES string of the molecule is CC[C@H](C)NC(=O)[C@H](Cc1ccccc1)N(Cc1cccc(OC)c1)C(=O)COc1ccc(Cl)c(C)c1. The number of ether oxygens (including phenoxy) is 2. The van der Waals surface area contributed by atoms with Crippen LogP contribution in [0.15, 0.2) is 72.8 Å². The van der Waals surface area contributed by atoms with Gasteiger partial charge in [0.15, 0.2) is 6.61 Å². The second kappa shape index (κ2) is 13.7. The van der Waals surface area contributed by atoms with Crippen LogP contribution in [0.3, 0.4) is 0 Å². The number of nitrogens with zero attached hydrogens (tertiary/aromatic N) is 1. The second-order valence-corrected chi connectivity index (χ2v) is 9.50. The van der Waals surface area contributed by atoms with E-state index in [-0.39, 0.29) is 31.0 Å². The number of benzene rings is 3. The van der Waals surface area contributed by atoms with Gasteiger partial charge in [-0.25, -0.2) is 0 Å². The summed E-state index contributed by atoms with van der Waals surface area (Å²) in [5.74, 6) is 0.731. The minimum absolute atomic E-state index is 0.0205. The fourth-order valence-corrected chi connectivity index (χ4v) is 4.02. The Bertz CT molecular complexity index is 1190. The fourth-order valence-electron chi connectivity index (χ4n) is 3.90. The van der Waals surface area contributed by atoms with E-state index in [4.69, 9.17) is 21.1 Å². The molecule has 0 saturated heterocycles. The Balaban J connectivity index is 1.93. The zero-order chi connectivity index (χ0) is 26.8. The minimum Gasteiger partial charge on any atom is -0.497 e. The number of nitrogens with one attached hydrogen (secondary N) is 1. The highest BCUT2D eigenvalue weighted by Gasteiger charge is 2.31. The van der Waals surface area contributed by atoms with Crippen LogP contribution in [0.5, 0.6) is 11.5 Å². The third-order valence-corrected chi connectivity index (χ3v) is 6.67. The highest BCUT2D eigenvalue weighted by Crippen LogP contribution is 2.22. The van der Waals surface area contributed by atoms with Gasteiger partial charge in [0.05, 0.1) is 7.11 Å². The Morgan fingerprint density at radius 1 is 0.973 bits per heavy atom. The predicted molar refractivity (Wildman–Crippen MR) is 147 cm³/mol. The number of carbonyl (C=O) groups excluding carboxylic acids is 2. The molecule has 0 fully saturated rings. The number of carbonyl (C=O) groups is 2. The van der Waals surface area contributed by atoms with Crippen LogP contribution in [0.1, 0.15) is 37.0 Å². The van der Waals surface area contributed by atoms with Crippen LogP contribution < -0.4 is 14.8 Å². The van der Waals surface area contributed by atoms with Crippen molar-refractivity contribution in [1.29, 1.82) is 0 Å². The number of amides is 2. The molecule has 0 aromatic heterocycles. The van der Waals surface area contributed by atoms with Gasteiger partial charge in [-0.2, -0.15) is 0 Å². The summed E-state index contributed by atoms with van der Waals surface area (Å²) in [5.41, 5.74) is 2.67. The van der Waals surface area contributed by atoms with E-state index in [0.717, 1.165) is 23.1 Å². The molecule has 37 heavy (non-hydrogen) atoms. The Morgan fingerprint density at radius 2 is 1.70 bits per heavy atom. The van der Waals surface area contributed by atoms with Crippen molar-refractivity contribution in [2.45, 2.75) is 52.2 Å². The predicted octanol–water partition coefficient (Wildman–Crippen LogP) is 5.59. The Labute approximate surface area is 224 Å². The maximum atomic E-state index is 13.7. The molecule has 0 radical (unpaired) electrons. The number of methoxy groups -OCH3 is 1. The van der Waals surface area contributed by atoms with E-state index in [9.17, 15) is 9.59 Å². The lowest BCUT2D eigenvalue weighted by Crippen LogP contribution is -2.53. The summed E-state index contributed by atoms with van der Waals surface area (Å²) in [5, 5.41) is 3.70. The summed E-state index contributed by atoms with van der Waals surface area (Å²) in [7, 11) is 1.60. The highest BCUT2D eigenvalue weighted by molar-refractivity contribution is 6.31. The van der Waals surface area contributed by atoms with Crippen molar-refractivity contribution < 1.29 is 19.1 Å². The molecule has 7 heteroatoms. The van der Waals surface area contributed by atoms with E-state index in [2.05, 4.69) is 5.32 Å². The maximum absolute atomic E-state index is 13.7. The standard InChI is InChI=1S/C30H35ClN2O4/c1-5-22(3)32-30(35)28(18-23-10-7-6-8-11-23)33(19-24-12-9-13-25(17-24)36-4)29(34)20-37-26-14-15-27(31)21(2)16-26/h6-17,22,28H,5,18-20H2,1-4H3,(H,32,35)/t22-,28-/m0/s1. The molecule has 2 amide bonds. The average Bonchev–Trinajstić information content (AvgIpc) is 2.91. The van der Waals surface area contributed by atoms with Gasteiger partial charge in [-0.1, -0.05) is 61.0 Å². The van der Waals surface area contributed by atoms with Gasteiger partial charge < -0.3 is 19.7 Å². The van der Waals surface area contributed by atoms with Gasteiger partial charge in [-0.15, -0.1) is 0 Å². The normalized spacial score (nSPS) is 12.4. The van der Waals surface area contributed by atoms with Crippen LogP contribution in [0.4, 0.5) is 0 Å². The van der Waals surface area contributed by atoms with E-state index in [1.165, 1.54) is 0 Å². The summed E-state index contributed by atoms with van der Waals surface area (Å²) >= 11 is 6.13. The smallest absolute Gasteiger partial charge is 0.261 e. The zero-order valence-corrected chi connectivity index (χ0v) is 22.6. The van der Waals surface area contributed by atoms with Crippen molar-refractivity contribution in [3.63, 3.8) is 0 Å². The Morgan fingerprint density at radius 3 is 2.38 bits per heavy atom. The fraction of sp³-hybridized carbons (Fsp3) is 0.333. The Hall–Kier alpha value is -3.51. The van der Waals surface area contributed by atoms with Crippen molar-refractivity contribution in [3.05, 3.63) is 94.5 Å². The molecule has 0 saturated carbocycles. The lowest BCUT2D eigenvalue weighted by molar-refractivity contribution is -0.143. The Kier molecular flexibility index (Phi) is 10.4. The molecule has 0 aliphatic rings. The first-order valence-electron chi connectivity index (χ1n) is 12.5. The largest absolute Gasteiger partial charge is 0.497 e. The number of hydrogen-bond acceptors (Lipinski definition) is 4. The molecule has 2 atom stereocenters.